The Hall–Kier alpha value is -1.77. The number of rotatable bonds is 9. The Balaban J connectivity index is 2.77. The lowest BCUT2D eigenvalue weighted by atomic mass is 10.1. The van der Waals surface area contributed by atoms with E-state index < -0.39 is 6.04 Å². The van der Waals surface area contributed by atoms with E-state index in [2.05, 4.69) is 30.1 Å². The zero-order valence-corrected chi connectivity index (χ0v) is 13.3. The molecule has 1 N–H and O–H groups in total. The fraction of sp³-hybridized carbons (Fsp3) is 0.562. The molecule has 21 heavy (non-hydrogen) atoms. The largest absolute Gasteiger partial charge is 0.497 e. The minimum Gasteiger partial charge on any atom is -0.497 e. The zero-order valence-electron chi connectivity index (χ0n) is 13.3. The topological polar surface area (TPSA) is 57.5 Å². The fourth-order valence-corrected chi connectivity index (χ4v) is 2.20. The van der Waals surface area contributed by atoms with Crippen molar-refractivity contribution >= 4 is 0 Å². The molecule has 5 heteroatoms. The van der Waals surface area contributed by atoms with Crippen molar-refractivity contribution in [3.05, 3.63) is 23.8 Å². The summed E-state index contributed by atoms with van der Waals surface area (Å²) in [5, 5.41) is 12.7. The van der Waals surface area contributed by atoms with Crippen LogP contribution in [0.4, 0.5) is 0 Å². The Kier molecular flexibility index (Phi) is 7.59. The van der Waals surface area contributed by atoms with Gasteiger partial charge in [-0.15, -0.1) is 0 Å². The summed E-state index contributed by atoms with van der Waals surface area (Å²) in [5.41, 5.74) is 0.805. The van der Waals surface area contributed by atoms with Gasteiger partial charge in [-0.3, -0.25) is 5.32 Å². The molecule has 1 aromatic carbocycles. The van der Waals surface area contributed by atoms with Crippen molar-refractivity contribution in [3.63, 3.8) is 0 Å². The van der Waals surface area contributed by atoms with Gasteiger partial charge >= 0.3 is 0 Å². The van der Waals surface area contributed by atoms with E-state index in [1.165, 1.54) is 0 Å². The Morgan fingerprint density at radius 2 is 1.95 bits per heavy atom. The maximum atomic E-state index is 9.42. The molecule has 0 saturated carbocycles. The molecule has 116 valence electrons. The van der Waals surface area contributed by atoms with Gasteiger partial charge in [-0.1, -0.05) is 13.8 Å². The summed E-state index contributed by atoms with van der Waals surface area (Å²) in [4.78, 5) is 2.31. The number of nitrogens with zero attached hydrogens (tertiary/aromatic N) is 2. The number of hydrogen-bond acceptors (Lipinski definition) is 5. The van der Waals surface area contributed by atoms with Crippen LogP contribution >= 0.6 is 0 Å². The second kappa shape index (κ2) is 9.22. The third-order valence-electron chi connectivity index (χ3n) is 3.55. The van der Waals surface area contributed by atoms with Crippen LogP contribution in [0.1, 0.15) is 25.5 Å². The van der Waals surface area contributed by atoms with E-state index in [0.717, 1.165) is 37.5 Å². The standard InChI is InChI=1S/C16H25N3O2/c1-5-19(6-2)10-9-18-15(12-17)14-11-13(20-3)7-8-16(14)21-4/h7-8,11,15,18H,5-6,9-10H2,1-4H3. The number of likely N-dealkylation sites (N-methyl/N-ethyl adjacent to an activating group) is 1. The molecule has 0 fully saturated rings. The number of hydrogen-bond donors (Lipinski definition) is 1. The molecule has 0 aliphatic carbocycles. The van der Waals surface area contributed by atoms with Gasteiger partial charge in [-0.25, -0.2) is 0 Å². The molecule has 1 unspecified atom stereocenters. The first-order valence-corrected chi connectivity index (χ1v) is 7.27. The third kappa shape index (κ3) is 4.92. The van der Waals surface area contributed by atoms with Crippen LogP contribution in [-0.2, 0) is 0 Å². The quantitative estimate of drug-likeness (QED) is 0.756. The second-order valence-electron chi connectivity index (χ2n) is 4.65. The van der Waals surface area contributed by atoms with Crippen molar-refractivity contribution in [2.24, 2.45) is 0 Å². The summed E-state index contributed by atoms with van der Waals surface area (Å²) in [6.07, 6.45) is 0. The highest BCUT2D eigenvalue weighted by atomic mass is 16.5. The van der Waals surface area contributed by atoms with Gasteiger partial charge in [0.25, 0.3) is 0 Å². The molecule has 0 aromatic heterocycles. The predicted octanol–water partition coefficient (Wildman–Crippen LogP) is 2.20. The molecule has 0 bridgehead atoms. The summed E-state index contributed by atoms with van der Waals surface area (Å²) < 4.78 is 10.6. The first-order valence-electron chi connectivity index (χ1n) is 7.27. The van der Waals surface area contributed by atoms with Crippen LogP contribution in [0.15, 0.2) is 18.2 Å². The van der Waals surface area contributed by atoms with E-state index in [4.69, 9.17) is 9.47 Å². The minimum absolute atomic E-state index is 0.411. The molecule has 0 aliphatic heterocycles. The number of methoxy groups -OCH3 is 2. The smallest absolute Gasteiger partial charge is 0.125 e. The normalized spacial score (nSPS) is 12.0. The monoisotopic (exact) mass is 291 g/mol. The maximum absolute atomic E-state index is 9.42. The molecule has 0 saturated heterocycles. The molecule has 0 radical (unpaired) electrons. The molecular formula is C16H25N3O2. The van der Waals surface area contributed by atoms with Gasteiger partial charge in [0.05, 0.1) is 20.3 Å². The summed E-state index contributed by atoms with van der Waals surface area (Å²) in [6.45, 7) is 7.96. The van der Waals surface area contributed by atoms with Gasteiger partial charge < -0.3 is 14.4 Å². The second-order valence-corrected chi connectivity index (χ2v) is 4.65. The highest BCUT2D eigenvalue weighted by Crippen LogP contribution is 2.29. The number of ether oxygens (including phenoxy) is 2. The van der Waals surface area contributed by atoms with Gasteiger partial charge in [0, 0.05) is 18.7 Å². The first-order chi connectivity index (χ1) is 10.2. The third-order valence-corrected chi connectivity index (χ3v) is 3.55. The van der Waals surface area contributed by atoms with Crippen molar-refractivity contribution in [1.82, 2.24) is 10.2 Å². The van der Waals surface area contributed by atoms with Crippen LogP contribution in [0, 0.1) is 11.3 Å². The van der Waals surface area contributed by atoms with Crippen LogP contribution in [-0.4, -0.2) is 45.3 Å². The molecule has 0 heterocycles. The van der Waals surface area contributed by atoms with E-state index in [9.17, 15) is 5.26 Å². The van der Waals surface area contributed by atoms with Crippen molar-refractivity contribution in [1.29, 1.82) is 5.26 Å². The Bertz CT molecular complexity index is 467. The number of nitriles is 1. The Morgan fingerprint density at radius 3 is 2.48 bits per heavy atom. The summed E-state index contributed by atoms with van der Waals surface area (Å²) >= 11 is 0. The Morgan fingerprint density at radius 1 is 1.24 bits per heavy atom. The average molecular weight is 291 g/mol. The highest BCUT2D eigenvalue weighted by Gasteiger charge is 2.16. The zero-order chi connectivity index (χ0) is 15.7. The molecule has 1 aromatic rings. The van der Waals surface area contributed by atoms with Gasteiger partial charge in [0.2, 0.25) is 0 Å². The molecule has 1 rings (SSSR count). The summed E-state index contributed by atoms with van der Waals surface area (Å²) in [7, 11) is 3.22. The number of nitrogens with one attached hydrogen (secondary N) is 1. The van der Waals surface area contributed by atoms with E-state index in [0.29, 0.717) is 5.75 Å². The van der Waals surface area contributed by atoms with Crippen molar-refractivity contribution in [3.8, 4) is 17.6 Å². The fourth-order valence-electron chi connectivity index (χ4n) is 2.20. The molecule has 1 atom stereocenters. The molecule has 0 amide bonds. The van der Waals surface area contributed by atoms with E-state index in [1.54, 1.807) is 14.2 Å². The lowest BCUT2D eigenvalue weighted by molar-refractivity contribution is 0.299. The lowest BCUT2D eigenvalue weighted by Gasteiger charge is -2.20. The van der Waals surface area contributed by atoms with Crippen LogP contribution in [0.2, 0.25) is 0 Å². The first kappa shape index (κ1) is 17.3. The molecule has 5 nitrogen and oxygen atoms in total. The van der Waals surface area contributed by atoms with Crippen LogP contribution in [0.3, 0.4) is 0 Å². The predicted molar refractivity (Wildman–Crippen MR) is 83.7 cm³/mol. The Labute approximate surface area is 127 Å². The molecule has 0 aliphatic rings. The van der Waals surface area contributed by atoms with E-state index in [1.807, 2.05) is 18.2 Å². The van der Waals surface area contributed by atoms with E-state index in [-0.39, 0.29) is 0 Å². The molecular weight excluding hydrogens is 266 g/mol. The minimum atomic E-state index is -0.411. The van der Waals surface area contributed by atoms with Gasteiger partial charge in [0.15, 0.2) is 0 Å². The van der Waals surface area contributed by atoms with Gasteiger partial charge in [0.1, 0.15) is 17.5 Å². The van der Waals surface area contributed by atoms with Gasteiger partial charge in [-0.05, 0) is 31.3 Å². The van der Waals surface area contributed by atoms with Crippen molar-refractivity contribution in [2.45, 2.75) is 19.9 Å². The van der Waals surface area contributed by atoms with Crippen LogP contribution < -0.4 is 14.8 Å². The number of benzene rings is 1. The van der Waals surface area contributed by atoms with Crippen molar-refractivity contribution in [2.75, 3.05) is 40.4 Å². The highest BCUT2D eigenvalue weighted by molar-refractivity contribution is 5.44. The summed E-state index contributed by atoms with van der Waals surface area (Å²) in [5.74, 6) is 1.41. The van der Waals surface area contributed by atoms with Crippen molar-refractivity contribution < 1.29 is 9.47 Å². The summed E-state index contributed by atoms with van der Waals surface area (Å²) in [6, 6.07) is 7.37. The van der Waals surface area contributed by atoms with Crippen LogP contribution in [0.5, 0.6) is 11.5 Å². The average Bonchev–Trinajstić information content (AvgIpc) is 2.54. The van der Waals surface area contributed by atoms with E-state index >= 15 is 0 Å². The SMILES string of the molecule is CCN(CC)CCNC(C#N)c1cc(OC)ccc1OC. The van der Waals surface area contributed by atoms with Crippen LogP contribution in [0.25, 0.3) is 0 Å². The molecule has 0 spiro atoms. The van der Waals surface area contributed by atoms with Gasteiger partial charge in [-0.2, -0.15) is 5.26 Å². The maximum Gasteiger partial charge on any atom is 0.125 e. The lowest BCUT2D eigenvalue weighted by Crippen LogP contribution is -2.33.